The van der Waals surface area contributed by atoms with Crippen molar-refractivity contribution in [2.75, 3.05) is 5.32 Å². The van der Waals surface area contributed by atoms with Crippen molar-refractivity contribution in [3.05, 3.63) is 41.5 Å². The number of nitrogens with one attached hydrogen (secondary N) is 1. The Morgan fingerprint density at radius 3 is 2.63 bits per heavy atom. The first-order chi connectivity index (χ1) is 9.15. The molecule has 1 aromatic heterocycles. The zero-order valence-electron chi connectivity index (χ0n) is 10.2. The molecule has 0 bridgehead atoms. The summed E-state index contributed by atoms with van der Waals surface area (Å²) in [6.45, 7) is 2.73. The van der Waals surface area contributed by atoms with E-state index in [9.17, 15) is 8.78 Å². The summed E-state index contributed by atoms with van der Waals surface area (Å²) >= 11 is 0. The fourth-order valence-electron chi connectivity index (χ4n) is 1.65. The predicted molar refractivity (Wildman–Crippen MR) is 64.1 cm³/mol. The van der Waals surface area contributed by atoms with E-state index in [-0.39, 0.29) is 17.8 Å². The van der Waals surface area contributed by atoms with Crippen LogP contribution in [0.1, 0.15) is 18.3 Å². The monoisotopic (exact) mass is 263 g/mol. The van der Waals surface area contributed by atoms with Gasteiger partial charge in [0.1, 0.15) is 12.0 Å². The van der Waals surface area contributed by atoms with Crippen LogP contribution >= 0.6 is 0 Å². The molecule has 0 amide bonds. The summed E-state index contributed by atoms with van der Waals surface area (Å²) in [5.41, 5.74) is -0.332. The van der Waals surface area contributed by atoms with E-state index in [2.05, 4.69) is 15.5 Å². The standard InChI is InChI=1S/C12H11F2N5/c1-2-19-7-17-18-11(19)6-16-12-9(13)3-8(5-15)4-10(12)14/h3-4,7,16H,2,6H2,1H3. The molecule has 0 unspecified atom stereocenters. The maximum absolute atomic E-state index is 13.6. The molecule has 0 aliphatic rings. The summed E-state index contributed by atoms with van der Waals surface area (Å²) in [5, 5.41) is 18.8. The number of aromatic nitrogens is 3. The predicted octanol–water partition coefficient (Wildman–Crippen LogP) is 2.06. The third-order valence-electron chi connectivity index (χ3n) is 2.63. The lowest BCUT2D eigenvalue weighted by Crippen LogP contribution is -2.09. The fraction of sp³-hybridized carbons (Fsp3) is 0.250. The van der Waals surface area contributed by atoms with E-state index >= 15 is 0 Å². The average Bonchev–Trinajstić information content (AvgIpc) is 2.85. The SMILES string of the molecule is CCn1cnnc1CNc1c(F)cc(C#N)cc1F. The third kappa shape index (κ3) is 2.68. The van der Waals surface area contributed by atoms with Crippen LogP contribution in [0.25, 0.3) is 0 Å². The van der Waals surface area contributed by atoms with Crippen LogP contribution in [-0.4, -0.2) is 14.8 Å². The second kappa shape index (κ2) is 5.44. The number of nitriles is 1. The van der Waals surface area contributed by atoms with E-state index in [4.69, 9.17) is 5.26 Å². The molecule has 0 fully saturated rings. The fourth-order valence-corrected chi connectivity index (χ4v) is 1.65. The summed E-state index contributed by atoms with van der Waals surface area (Å²) in [5.74, 6) is -1.04. The van der Waals surface area contributed by atoms with Crippen LogP contribution in [-0.2, 0) is 13.1 Å². The molecule has 0 aliphatic heterocycles. The van der Waals surface area contributed by atoms with Gasteiger partial charge in [-0.2, -0.15) is 5.26 Å². The van der Waals surface area contributed by atoms with E-state index in [1.54, 1.807) is 17.0 Å². The van der Waals surface area contributed by atoms with Crippen molar-refractivity contribution in [1.82, 2.24) is 14.8 Å². The van der Waals surface area contributed by atoms with Gasteiger partial charge in [-0.3, -0.25) is 0 Å². The van der Waals surface area contributed by atoms with Gasteiger partial charge in [0.25, 0.3) is 0 Å². The molecule has 0 spiro atoms. The topological polar surface area (TPSA) is 66.5 Å². The zero-order valence-corrected chi connectivity index (χ0v) is 10.2. The van der Waals surface area contributed by atoms with Gasteiger partial charge >= 0.3 is 0 Å². The molecular weight excluding hydrogens is 252 g/mol. The third-order valence-corrected chi connectivity index (χ3v) is 2.63. The number of nitrogens with zero attached hydrogens (tertiary/aromatic N) is 4. The average molecular weight is 263 g/mol. The molecule has 0 radical (unpaired) electrons. The molecule has 1 heterocycles. The minimum absolute atomic E-state index is 0.0581. The van der Waals surface area contributed by atoms with Crippen LogP contribution in [0, 0.1) is 23.0 Å². The minimum atomic E-state index is -0.806. The summed E-state index contributed by atoms with van der Waals surface area (Å²) < 4.78 is 29.0. The van der Waals surface area contributed by atoms with Gasteiger partial charge in [-0.25, -0.2) is 8.78 Å². The van der Waals surface area contributed by atoms with Crippen molar-refractivity contribution in [1.29, 1.82) is 5.26 Å². The number of rotatable bonds is 4. The molecule has 19 heavy (non-hydrogen) atoms. The van der Waals surface area contributed by atoms with Crippen molar-refractivity contribution in [2.24, 2.45) is 0 Å². The Morgan fingerprint density at radius 1 is 1.37 bits per heavy atom. The number of halogens is 2. The highest BCUT2D eigenvalue weighted by Gasteiger charge is 2.12. The molecule has 1 N–H and O–H groups in total. The number of anilines is 1. The van der Waals surface area contributed by atoms with Crippen molar-refractivity contribution >= 4 is 5.69 Å². The van der Waals surface area contributed by atoms with E-state index in [0.717, 1.165) is 12.1 Å². The molecule has 2 aromatic rings. The Balaban J connectivity index is 2.19. The number of benzene rings is 1. The van der Waals surface area contributed by atoms with Gasteiger partial charge in [-0.05, 0) is 19.1 Å². The molecule has 5 nitrogen and oxygen atoms in total. The van der Waals surface area contributed by atoms with E-state index < -0.39 is 11.6 Å². The highest BCUT2D eigenvalue weighted by Crippen LogP contribution is 2.21. The lowest BCUT2D eigenvalue weighted by Gasteiger charge is -2.09. The highest BCUT2D eigenvalue weighted by molar-refractivity contribution is 5.50. The molecule has 98 valence electrons. The number of hydrogen-bond donors (Lipinski definition) is 1. The second-order valence-electron chi connectivity index (χ2n) is 3.81. The van der Waals surface area contributed by atoms with Crippen molar-refractivity contribution < 1.29 is 8.78 Å². The molecule has 0 aliphatic carbocycles. The van der Waals surface area contributed by atoms with E-state index in [1.165, 1.54) is 0 Å². The maximum atomic E-state index is 13.6. The Kier molecular flexibility index (Phi) is 3.71. The summed E-state index contributed by atoms with van der Waals surface area (Å²) in [6.07, 6.45) is 1.54. The van der Waals surface area contributed by atoms with Gasteiger partial charge in [-0.1, -0.05) is 0 Å². The Bertz CT molecular complexity index is 606. The molecule has 2 rings (SSSR count). The Labute approximate surface area is 108 Å². The summed E-state index contributed by atoms with van der Waals surface area (Å²) in [6, 6.07) is 3.65. The van der Waals surface area contributed by atoms with Crippen LogP contribution in [0.2, 0.25) is 0 Å². The molecular formula is C12H11F2N5. The second-order valence-corrected chi connectivity index (χ2v) is 3.81. The van der Waals surface area contributed by atoms with Crippen molar-refractivity contribution in [3.8, 4) is 6.07 Å². The smallest absolute Gasteiger partial charge is 0.152 e. The van der Waals surface area contributed by atoms with Crippen molar-refractivity contribution in [3.63, 3.8) is 0 Å². The molecule has 0 saturated carbocycles. The normalized spacial score (nSPS) is 10.2. The van der Waals surface area contributed by atoms with Crippen LogP contribution in [0.5, 0.6) is 0 Å². The highest BCUT2D eigenvalue weighted by atomic mass is 19.1. The summed E-state index contributed by atoms with van der Waals surface area (Å²) in [7, 11) is 0. The zero-order chi connectivity index (χ0) is 13.8. The molecule has 0 atom stereocenters. The van der Waals surface area contributed by atoms with E-state index in [0.29, 0.717) is 12.4 Å². The van der Waals surface area contributed by atoms with Gasteiger partial charge in [0, 0.05) is 6.54 Å². The van der Waals surface area contributed by atoms with Crippen molar-refractivity contribution in [2.45, 2.75) is 20.0 Å². The Morgan fingerprint density at radius 2 is 2.05 bits per heavy atom. The van der Waals surface area contributed by atoms with Gasteiger partial charge < -0.3 is 9.88 Å². The lowest BCUT2D eigenvalue weighted by molar-refractivity contribution is 0.585. The van der Waals surface area contributed by atoms with Gasteiger partial charge in [0.15, 0.2) is 17.5 Å². The van der Waals surface area contributed by atoms with Crippen LogP contribution in [0.3, 0.4) is 0 Å². The van der Waals surface area contributed by atoms with Gasteiger partial charge in [0.05, 0.1) is 18.2 Å². The lowest BCUT2D eigenvalue weighted by atomic mass is 10.2. The van der Waals surface area contributed by atoms with Crippen LogP contribution in [0.4, 0.5) is 14.5 Å². The largest absolute Gasteiger partial charge is 0.373 e. The minimum Gasteiger partial charge on any atom is -0.373 e. The number of hydrogen-bond acceptors (Lipinski definition) is 4. The molecule has 0 saturated heterocycles. The maximum Gasteiger partial charge on any atom is 0.152 e. The summed E-state index contributed by atoms with van der Waals surface area (Å²) in [4.78, 5) is 0. The van der Waals surface area contributed by atoms with E-state index in [1.807, 2.05) is 6.92 Å². The molecule has 7 heteroatoms. The van der Waals surface area contributed by atoms with Gasteiger partial charge in [-0.15, -0.1) is 10.2 Å². The quantitative estimate of drug-likeness (QED) is 0.916. The van der Waals surface area contributed by atoms with Crippen LogP contribution < -0.4 is 5.32 Å². The first-order valence-corrected chi connectivity index (χ1v) is 5.65. The van der Waals surface area contributed by atoms with Crippen LogP contribution in [0.15, 0.2) is 18.5 Å². The first kappa shape index (κ1) is 13.0. The van der Waals surface area contributed by atoms with Gasteiger partial charge in [0.2, 0.25) is 0 Å². The first-order valence-electron chi connectivity index (χ1n) is 5.65. The Hall–Kier alpha value is -2.49. The molecule has 1 aromatic carbocycles. The number of aryl methyl sites for hydroxylation is 1.